The maximum atomic E-state index is 13.0. The molecule has 0 bridgehead atoms. The van der Waals surface area contributed by atoms with E-state index in [0.717, 1.165) is 23.5 Å². The molecular weight excluding hydrogens is 324 g/mol. The molecule has 0 saturated heterocycles. The second kappa shape index (κ2) is 9.24. The minimum Gasteiger partial charge on any atom is -0.294 e. The van der Waals surface area contributed by atoms with E-state index in [1.807, 2.05) is 66.4 Å². The van der Waals surface area contributed by atoms with E-state index in [2.05, 4.69) is 36.4 Å². The molecule has 2 heteroatoms. The maximum absolute atomic E-state index is 13.0. The Balaban J connectivity index is 1.68. The van der Waals surface area contributed by atoms with E-state index < -0.39 is 0 Å². The molecule has 0 aromatic heterocycles. The minimum absolute atomic E-state index is 0.00138. The van der Waals surface area contributed by atoms with Gasteiger partial charge in [0.1, 0.15) is 0 Å². The van der Waals surface area contributed by atoms with Gasteiger partial charge in [-0.15, -0.1) is 0 Å². The topological polar surface area (TPSA) is 17.1 Å². The van der Waals surface area contributed by atoms with E-state index in [1.165, 1.54) is 11.1 Å². The largest absolute Gasteiger partial charge is 0.294 e. The zero-order valence-corrected chi connectivity index (χ0v) is 15.0. The number of Topliss-reactive ketones (excluding diaryl/α,β-unsaturated/α-hetero) is 1. The first kappa shape index (κ1) is 17.5. The molecule has 0 aliphatic carbocycles. The molecule has 1 nitrogen and oxygen atoms in total. The fraction of sp³-hybridized carbons (Fsp3) is 0.174. The van der Waals surface area contributed by atoms with Crippen LogP contribution in [0.2, 0.25) is 0 Å². The zero-order valence-electron chi connectivity index (χ0n) is 14.2. The quantitative estimate of drug-likeness (QED) is 0.489. The van der Waals surface area contributed by atoms with Crippen molar-refractivity contribution in [1.29, 1.82) is 0 Å². The summed E-state index contributed by atoms with van der Waals surface area (Å²) in [6, 6.07) is 30.4. The Morgan fingerprint density at radius 3 is 1.84 bits per heavy atom. The first-order chi connectivity index (χ1) is 12.3. The van der Waals surface area contributed by atoms with Crippen molar-refractivity contribution >= 4 is 17.5 Å². The SMILES string of the molecule is O=C(c1ccccc1)[C@H](CSCc1ccccc1)Cc1ccccc1. The van der Waals surface area contributed by atoms with Gasteiger partial charge in [-0.2, -0.15) is 11.8 Å². The third-order valence-electron chi connectivity index (χ3n) is 4.18. The summed E-state index contributed by atoms with van der Waals surface area (Å²) < 4.78 is 0. The van der Waals surface area contributed by atoms with Crippen LogP contribution in [0.3, 0.4) is 0 Å². The lowest BCUT2D eigenvalue weighted by molar-refractivity contribution is 0.0932. The summed E-state index contributed by atoms with van der Waals surface area (Å²) in [6.45, 7) is 0. The molecule has 126 valence electrons. The molecule has 0 fully saturated rings. The predicted molar refractivity (Wildman–Crippen MR) is 107 cm³/mol. The Labute approximate surface area is 154 Å². The molecule has 0 heterocycles. The van der Waals surface area contributed by atoms with Crippen LogP contribution in [0, 0.1) is 5.92 Å². The highest BCUT2D eigenvalue weighted by atomic mass is 32.2. The van der Waals surface area contributed by atoms with Crippen molar-refractivity contribution in [3.63, 3.8) is 0 Å². The summed E-state index contributed by atoms with van der Waals surface area (Å²) in [7, 11) is 0. The number of carbonyl (C=O) groups is 1. The lowest BCUT2D eigenvalue weighted by Gasteiger charge is -2.16. The van der Waals surface area contributed by atoms with Crippen molar-refractivity contribution in [2.24, 2.45) is 5.92 Å². The normalized spacial score (nSPS) is 11.8. The molecular formula is C23H22OS. The van der Waals surface area contributed by atoms with Crippen molar-refractivity contribution in [3.05, 3.63) is 108 Å². The van der Waals surface area contributed by atoms with Crippen molar-refractivity contribution in [3.8, 4) is 0 Å². The highest BCUT2D eigenvalue weighted by Crippen LogP contribution is 2.22. The van der Waals surface area contributed by atoms with Gasteiger partial charge < -0.3 is 0 Å². The second-order valence-electron chi connectivity index (χ2n) is 6.12. The summed E-state index contributed by atoms with van der Waals surface area (Å²) in [4.78, 5) is 13.0. The molecule has 0 spiro atoms. The average Bonchev–Trinajstić information content (AvgIpc) is 2.69. The summed E-state index contributed by atoms with van der Waals surface area (Å²) in [6.07, 6.45) is 0.788. The van der Waals surface area contributed by atoms with Crippen LogP contribution in [0.4, 0.5) is 0 Å². The Morgan fingerprint density at radius 2 is 1.24 bits per heavy atom. The molecule has 1 atom stereocenters. The van der Waals surface area contributed by atoms with E-state index >= 15 is 0 Å². The van der Waals surface area contributed by atoms with Gasteiger partial charge in [-0.05, 0) is 17.5 Å². The van der Waals surface area contributed by atoms with Crippen LogP contribution in [0.5, 0.6) is 0 Å². The Morgan fingerprint density at radius 1 is 0.720 bits per heavy atom. The smallest absolute Gasteiger partial charge is 0.167 e. The molecule has 0 N–H and O–H groups in total. The molecule has 0 radical (unpaired) electrons. The Kier molecular flexibility index (Phi) is 6.47. The van der Waals surface area contributed by atoms with Crippen molar-refractivity contribution < 1.29 is 4.79 Å². The molecule has 3 aromatic carbocycles. The zero-order chi connectivity index (χ0) is 17.3. The third kappa shape index (κ3) is 5.33. The fourth-order valence-electron chi connectivity index (χ4n) is 2.86. The third-order valence-corrected chi connectivity index (χ3v) is 5.36. The minimum atomic E-state index is -0.00138. The first-order valence-corrected chi connectivity index (χ1v) is 9.73. The molecule has 0 aliphatic rings. The van der Waals surface area contributed by atoms with Crippen molar-refractivity contribution in [2.75, 3.05) is 5.75 Å². The molecule has 0 amide bonds. The summed E-state index contributed by atoms with van der Waals surface area (Å²) in [5, 5.41) is 0. The van der Waals surface area contributed by atoms with E-state index in [9.17, 15) is 4.79 Å². The van der Waals surface area contributed by atoms with Gasteiger partial charge in [-0.3, -0.25) is 4.79 Å². The standard InChI is InChI=1S/C23H22OS/c24-23(21-14-8-3-9-15-21)22(16-19-10-4-1-5-11-19)18-25-17-20-12-6-2-7-13-20/h1-15,22H,16-18H2/t22-/m0/s1. The lowest BCUT2D eigenvalue weighted by Crippen LogP contribution is -2.20. The molecule has 0 saturated carbocycles. The van der Waals surface area contributed by atoms with Gasteiger partial charge >= 0.3 is 0 Å². The van der Waals surface area contributed by atoms with Crippen LogP contribution in [0.1, 0.15) is 21.5 Å². The molecule has 3 rings (SSSR count). The number of hydrogen-bond donors (Lipinski definition) is 0. The summed E-state index contributed by atoms with van der Waals surface area (Å²) in [5.41, 5.74) is 3.33. The predicted octanol–water partition coefficient (Wildman–Crippen LogP) is 5.66. The summed E-state index contributed by atoms with van der Waals surface area (Å²) >= 11 is 1.84. The first-order valence-electron chi connectivity index (χ1n) is 8.58. The number of benzene rings is 3. The molecule has 0 unspecified atom stereocenters. The Hall–Kier alpha value is -2.32. The summed E-state index contributed by atoms with van der Waals surface area (Å²) in [5.74, 6) is 2.01. The van der Waals surface area contributed by atoms with Crippen molar-refractivity contribution in [2.45, 2.75) is 12.2 Å². The van der Waals surface area contributed by atoms with Gasteiger partial charge in [0.25, 0.3) is 0 Å². The van der Waals surface area contributed by atoms with Crippen LogP contribution in [-0.4, -0.2) is 11.5 Å². The maximum Gasteiger partial charge on any atom is 0.167 e. The van der Waals surface area contributed by atoms with Gasteiger partial charge in [0.2, 0.25) is 0 Å². The molecule has 25 heavy (non-hydrogen) atoms. The van der Waals surface area contributed by atoms with Gasteiger partial charge in [-0.25, -0.2) is 0 Å². The lowest BCUT2D eigenvalue weighted by atomic mass is 9.93. The number of ketones is 1. The molecule has 3 aromatic rings. The van der Waals surface area contributed by atoms with E-state index in [-0.39, 0.29) is 11.7 Å². The van der Waals surface area contributed by atoms with Crippen LogP contribution in [-0.2, 0) is 12.2 Å². The van der Waals surface area contributed by atoms with Crippen molar-refractivity contribution in [1.82, 2.24) is 0 Å². The van der Waals surface area contributed by atoms with Crippen LogP contribution >= 0.6 is 11.8 Å². The number of thioether (sulfide) groups is 1. The monoisotopic (exact) mass is 346 g/mol. The van der Waals surface area contributed by atoms with Gasteiger partial charge in [-0.1, -0.05) is 91.0 Å². The number of hydrogen-bond acceptors (Lipinski definition) is 2. The van der Waals surface area contributed by atoms with E-state index in [4.69, 9.17) is 0 Å². The molecule has 0 aliphatic heterocycles. The number of carbonyl (C=O) groups excluding carboxylic acids is 1. The second-order valence-corrected chi connectivity index (χ2v) is 7.15. The Bertz CT molecular complexity index is 769. The number of rotatable bonds is 8. The van der Waals surface area contributed by atoms with Crippen LogP contribution in [0.25, 0.3) is 0 Å². The average molecular weight is 346 g/mol. The van der Waals surface area contributed by atoms with Gasteiger partial charge in [0, 0.05) is 23.0 Å². The van der Waals surface area contributed by atoms with Crippen LogP contribution in [0.15, 0.2) is 91.0 Å². The van der Waals surface area contributed by atoms with Crippen LogP contribution < -0.4 is 0 Å². The highest BCUT2D eigenvalue weighted by Gasteiger charge is 2.20. The van der Waals surface area contributed by atoms with E-state index in [0.29, 0.717) is 0 Å². The highest BCUT2D eigenvalue weighted by molar-refractivity contribution is 7.98. The fourth-order valence-corrected chi connectivity index (χ4v) is 3.96. The van der Waals surface area contributed by atoms with Gasteiger partial charge in [0.05, 0.1) is 0 Å². The van der Waals surface area contributed by atoms with E-state index in [1.54, 1.807) is 0 Å². The van der Waals surface area contributed by atoms with Gasteiger partial charge in [0.15, 0.2) is 5.78 Å².